The molecule has 0 saturated carbocycles. The van der Waals surface area contributed by atoms with Crippen LogP contribution in [0.3, 0.4) is 0 Å². The topological polar surface area (TPSA) is 122 Å². The first-order valence-electron chi connectivity index (χ1n) is 12.8. The smallest absolute Gasteiger partial charge is 0.416 e. The number of halogens is 3. The van der Waals surface area contributed by atoms with Crippen molar-refractivity contribution in [2.24, 2.45) is 5.92 Å². The van der Waals surface area contributed by atoms with E-state index < -0.39 is 53.0 Å². The maximum Gasteiger partial charge on any atom is 0.416 e. The molecule has 2 aliphatic rings. The molecule has 10 nitrogen and oxygen atoms in total. The SMILES string of the molecule is COC(=O)C1Cc2cc(-c3c(C)cc(C(F)(F)F)cc3O)nnc2N([C@@H]2CCCN(C(=O)OC(C)(C)C)C2)C1=O. The van der Waals surface area contributed by atoms with Crippen LogP contribution in [0.2, 0.25) is 0 Å². The Bertz CT molecular complexity index is 1320. The van der Waals surface area contributed by atoms with Crippen LogP contribution in [0, 0.1) is 12.8 Å². The van der Waals surface area contributed by atoms with Gasteiger partial charge in [0.05, 0.1) is 24.4 Å². The average molecular weight is 565 g/mol. The molecule has 1 N–H and O–H groups in total. The van der Waals surface area contributed by atoms with Gasteiger partial charge in [-0.05, 0) is 70.7 Å². The first-order valence-corrected chi connectivity index (χ1v) is 12.8. The van der Waals surface area contributed by atoms with Crippen molar-refractivity contribution < 1.29 is 42.1 Å². The van der Waals surface area contributed by atoms with Crippen molar-refractivity contribution in [3.8, 4) is 17.0 Å². The lowest BCUT2D eigenvalue weighted by atomic mass is 9.90. The number of carbonyl (C=O) groups is 3. The van der Waals surface area contributed by atoms with E-state index in [9.17, 15) is 32.7 Å². The number of phenolic OH excluding ortho intramolecular Hbond substituents is 1. The molecular weight excluding hydrogens is 533 g/mol. The molecule has 1 unspecified atom stereocenters. The zero-order valence-electron chi connectivity index (χ0n) is 22.8. The van der Waals surface area contributed by atoms with E-state index in [2.05, 4.69) is 10.2 Å². The summed E-state index contributed by atoms with van der Waals surface area (Å²) in [7, 11) is 1.17. The van der Waals surface area contributed by atoms with Gasteiger partial charge in [0.1, 0.15) is 17.3 Å². The number of esters is 1. The molecule has 2 atom stereocenters. The second-order valence-corrected chi connectivity index (χ2v) is 11.0. The number of nitrogens with zero attached hydrogens (tertiary/aromatic N) is 4. The van der Waals surface area contributed by atoms with Crippen LogP contribution in [-0.4, -0.2) is 70.0 Å². The van der Waals surface area contributed by atoms with E-state index in [1.807, 2.05) is 0 Å². The van der Waals surface area contributed by atoms with Crippen LogP contribution in [0.4, 0.5) is 23.8 Å². The monoisotopic (exact) mass is 564 g/mol. The summed E-state index contributed by atoms with van der Waals surface area (Å²) in [6, 6.07) is 2.48. The van der Waals surface area contributed by atoms with Gasteiger partial charge in [-0.3, -0.25) is 14.5 Å². The number of aromatic nitrogens is 2. The standard InChI is InChI=1S/C27H31F3N4O6/c1-14-9-16(27(28,29)30)12-20(35)21(14)19-11-15-10-18(24(37)39-5)23(36)34(22(15)32-31-19)17-7-6-8-33(13-17)25(38)40-26(2,3)4/h9,11-12,17-18,35H,6-8,10,13H2,1-5H3/t17-,18?/m1/s1. The van der Waals surface area contributed by atoms with E-state index in [0.29, 0.717) is 31.0 Å². The number of carbonyl (C=O) groups excluding carboxylic acids is 3. The number of likely N-dealkylation sites (tertiary alicyclic amines) is 1. The Morgan fingerprint density at radius 2 is 1.82 bits per heavy atom. The predicted octanol–water partition coefficient (Wildman–Crippen LogP) is 4.25. The maximum atomic E-state index is 13.6. The predicted molar refractivity (Wildman–Crippen MR) is 136 cm³/mol. The van der Waals surface area contributed by atoms with Gasteiger partial charge in [-0.25, -0.2) is 4.79 Å². The van der Waals surface area contributed by atoms with Gasteiger partial charge in [0, 0.05) is 24.2 Å². The fourth-order valence-corrected chi connectivity index (χ4v) is 5.08. The molecule has 1 aromatic heterocycles. The van der Waals surface area contributed by atoms with Gasteiger partial charge in [0.25, 0.3) is 0 Å². The van der Waals surface area contributed by atoms with Crippen LogP contribution in [0.25, 0.3) is 11.3 Å². The van der Waals surface area contributed by atoms with Gasteiger partial charge < -0.3 is 19.5 Å². The average Bonchev–Trinajstić information content (AvgIpc) is 2.86. The number of aryl methyl sites for hydroxylation is 1. The highest BCUT2D eigenvalue weighted by Crippen LogP contribution is 2.40. The minimum atomic E-state index is -4.65. The molecule has 0 radical (unpaired) electrons. The van der Waals surface area contributed by atoms with E-state index >= 15 is 0 Å². The van der Waals surface area contributed by atoms with Crippen molar-refractivity contribution >= 4 is 23.8 Å². The minimum Gasteiger partial charge on any atom is -0.507 e. The first kappa shape index (κ1) is 29.1. The molecule has 216 valence electrons. The summed E-state index contributed by atoms with van der Waals surface area (Å²) >= 11 is 0. The minimum absolute atomic E-state index is 0.0511. The van der Waals surface area contributed by atoms with E-state index in [1.54, 1.807) is 20.8 Å². The molecular formula is C27H31F3N4O6. The molecule has 0 aliphatic carbocycles. The van der Waals surface area contributed by atoms with Crippen molar-refractivity contribution in [2.45, 2.75) is 64.8 Å². The van der Waals surface area contributed by atoms with Gasteiger partial charge in [0.2, 0.25) is 5.91 Å². The number of anilines is 1. The number of hydrogen-bond acceptors (Lipinski definition) is 8. The number of hydrogen-bond donors (Lipinski definition) is 1. The van der Waals surface area contributed by atoms with Crippen molar-refractivity contribution in [2.75, 3.05) is 25.1 Å². The molecule has 2 aliphatic heterocycles. The summed E-state index contributed by atoms with van der Waals surface area (Å²) in [6.07, 6.45) is -4.18. The summed E-state index contributed by atoms with van der Waals surface area (Å²) in [6.45, 7) is 7.23. The Morgan fingerprint density at radius 3 is 2.42 bits per heavy atom. The molecule has 2 aromatic rings. The van der Waals surface area contributed by atoms with Crippen LogP contribution in [-0.2, 0) is 31.7 Å². The van der Waals surface area contributed by atoms with Crippen molar-refractivity contribution in [1.29, 1.82) is 0 Å². The molecule has 3 heterocycles. The lowest BCUT2D eigenvalue weighted by Crippen LogP contribution is -2.57. The molecule has 1 aromatic carbocycles. The Morgan fingerprint density at radius 1 is 1.12 bits per heavy atom. The van der Waals surface area contributed by atoms with Crippen molar-refractivity contribution in [3.05, 3.63) is 34.9 Å². The number of fused-ring (bicyclic) bond motifs is 1. The molecule has 1 fully saturated rings. The van der Waals surface area contributed by atoms with Crippen LogP contribution in [0.5, 0.6) is 5.75 Å². The fourth-order valence-electron chi connectivity index (χ4n) is 5.08. The zero-order chi connectivity index (χ0) is 29.6. The summed E-state index contributed by atoms with van der Waals surface area (Å²) in [4.78, 5) is 41.8. The second kappa shape index (κ2) is 10.6. The lowest BCUT2D eigenvalue weighted by Gasteiger charge is -2.42. The molecule has 2 amide bonds. The Balaban J connectivity index is 1.74. The number of rotatable bonds is 3. The lowest BCUT2D eigenvalue weighted by molar-refractivity contribution is -0.149. The number of alkyl halides is 3. The van der Waals surface area contributed by atoms with E-state index in [-0.39, 0.29) is 35.6 Å². The summed E-state index contributed by atoms with van der Waals surface area (Å²) in [5, 5.41) is 18.9. The van der Waals surface area contributed by atoms with Crippen LogP contribution < -0.4 is 4.90 Å². The fraction of sp³-hybridized carbons (Fsp3) is 0.519. The third kappa shape index (κ3) is 5.82. The molecule has 40 heavy (non-hydrogen) atoms. The van der Waals surface area contributed by atoms with E-state index in [1.165, 1.54) is 29.9 Å². The Hall–Kier alpha value is -3.90. The summed E-state index contributed by atoms with van der Waals surface area (Å²) in [5.74, 6) is -2.96. The van der Waals surface area contributed by atoms with Crippen molar-refractivity contribution in [3.63, 3.8) is 0 Å². The van der Waals surface area contributed by atoms with Gasteiger partial charge in [-0.1, -0.05) is 0 Å². The van der Waals surface area contributed by atoms with Crippen molar-refractivity contribution in [1.82, 2.24) is 15.1 Å². The third-order valence-electron chi connectivity index (χ3n) is 6.84. The molecule has 4 rings (SSSR count). The number of phenols is 1. The highest BCUT2D eigenvalue weighted by molar-refractivity contribution is 6.08. The maximum absolute atomic E-state index is 13.6. The normalized spacial score (nSPS) is 19.8. The first-order chi connectivity index (χ1) is 18.6. The number of ether oxygens (including phenoxy) is 2. The molecule has 13 heteroatoms. The van der Waals surface area contributed by atoms with E-state index in [4.69, 9.17) is 9.47 Å². The van der Waals surface area contributed by atoms with Gasteiger partial charge in [-0.15, -0.1) is 10.2 Å². The van der Waals surface area contributed by atoms with Gasteiger partial charge in [-0.2, -0.15) is 13.2 Å². The molecule has 0 bridgehead atoms. The quantitative estimate of drug-likeness (QED) is 0.434. The Labute approximate surface area is 229 Å². The highest BCUT2D eigenvalue weighted by Gasteiger charge is 2.44. The largest absolute Gasteiger partial charge is 0.507 e. The number of piperidine rings is 1. The van der Waals surface area contributed by atoms with Gasteiger partial charge >= 0.3 is 18.2 Å². The van der Waals surface area contributed by atoms with E-state index in [0.717, 1.165) is 6.07 Å². The number of benzene rings is 1. The zero-order valence-corrected chi connectivity index (χ0v) is 22.8. The second-order valence-electron chi connectivity index (χ2n) is 11.0. The number of amides is 2. The van der Waals surface area contributed by atoms with Crippen LogP contribution >= 0.6 is 0 Å². The third-order valence-corrected chi connectivity index (χ3v) is 6.84. The van der Waals surface area contributed by atoms with Crippen LogP contribution in [0.15, 0.2) is 18.2 Å². The summed E-state index contributed by atoms with van der Waals surface area (Å²) in [5.41, 5.74) is -1.04. The number of methoxy groups -OCH3 is 1. The molecule has 1 saturated heterocycles. The molecule has 0 spiro atoms. The Kier molecular flexibility index (Phi) is 7.70. The van der Waals surface area contributed by atoms with Gasteiger partial charge in [0.15, 0.2) is 5.82 Å². The number of aromatic hydroxyl groups is 1. The summed E-state index contributed by atoms with van der Waals surface area (Å²) < 4.78 is 50.0. The van der Waals surface area contributed by atoms with Crippen LogP contribution in [0.1, 0.15) is 50.3 Å². The highest BCUT2D eigenvalue weighted by atomic mass is 19.4.